The van der Waals surface area contributed by atoms with Gasteiger partial charge in [0.05, 0.1) is 18.7 Å². The molecule has 2 saturated heterocycles. The molecular weight excluding hydrogens is 180 g/mol. The first-order chi connectivity index (χ1) is 6.83. The summed E-state index contributed by atoms with van der Waals surface area (Å²) in [6, 6.07) is 0.0899. The Balaban J connectivity index is 1.95. The van der Waals surface area contributed by atoms with Gasteiger partial charge in [0.25, 0.3) is 0 Å². The summed E-state index contributed by atoms with van der Waals surface area (Å²) in [5.41, 5.74) is 0. The Kier molecular flexibility index (Phi) is 3.03. The van der Waals surface area contributed by atoms with E-state index in [0.717, 1.165) is 38.8 Å². The van der Waals surface area contributed by atoms with Crippen LogP contribution in [-0.2, 0) is 4.79 Å². The Morgan fingerprint density at radius 1 is 1.43 bits per heavy atom. The van der Waals surface area contributed by atoms with Crippen LogP contribution in [0.4, 0.5) is 0 Å². The van der Waals surface area contributed by atoms with Crippen LogP contribution in [0, 0.1) is 0 Å². The summed E-state index contributed by atoms with van der Waals surface area (Å²) in [6.07, 6.45) is 4.03. The van der Waals surface area contributed by atoms with E-state index in [-0.39, 0.29) is 24.6 Å². The molecule has 0 aromatic heterocycles. The smallest absolute Gasteiger partial charge is 0.240 e. The first-order valence-corrected chi connectivity index (χ1v) is 5.47. The minimum atomic E-state index is 0.0159. The van der Waals surface area contributed by atoms with Crippen molar-refractivity contribution in [3.05, 3.63) is 0 Å². The molecule has 1 amide bonds. The number of hydrogen-bond acceptors (Lipinski definition) is 3. The molecule has 2 aliphatic rings. The average Bonchev–Trinajstić information content (AvgIpc) is 2.87. The second-order valence-electron chi connectivity index (χ2n) is 4.16. The fourth-order valence-electron chi connectivity index (χ4n) is 2.41. The maximum Gasteiger partial charge on any atom is 0.240 e. The lowest BCUT2D eigenvalue weighted by atomic mass is 10.2. The first kappa shape index (κ1) is 9.93. The molecular formula is C10H18N2O2. The molecule has 2 heterocycles. The molecule has 0 aromatic carbocycles. The number of aliphatic hydroxyl groups excluding tert-OH is 1. The van der Waals surface area contributed by atoms with Gasteiger partial charge in [-0.1, -0.05) is 0 Å². The third-order valence-corrected chi connectivity index (χ3v) is 3.23. The van der Waals surface area contributed by atoms with E-state index in [1.165, 1.54) is 0 Å². The van der Waals surface area contributed by atoms with Crippen molar-refractivity contribution in [2.45, 2.75) is 37.8 Å². The quantitative estimate of drug-likeness (QED) is 0.642. The maximum atomic E-state index is 12.0. The summed E-state index contributed by atoms with van der Waals surface area (Å²) in [4.78, 5) is 13.8. The van der Waals surface area contributed by atoms with Gasteiger partial charge >= 0.3 is 0 Å². The van der Waals surface area contributed by atoms with Gasteiger partial charge < -0.3 is 15.3 Å². The molecule has 4 nitrogen and oxygen atoms in total. The van der Waals surface area contributed by atoms with E-state index >= 15 is 0 Å². The van der Waals surface area contributed by atoms with Gasteiger partial charge in [-0.2, -0.15) is 0 Å². The molecule has 14 heavy (non-hydrogen) atoms. The number of carbonyl (C=O) groups excluding carboxylic acids is 1. The van der Waals surface area contributed by atoms with E-state index in [9.17, 15) is 4.79 Å². The lowest BCUT2D eigenvalue weighted by Gasteiger charge is -2.26. The van der Waals surface area contributed by atoms with E-state index in [2.05, 4.69) is 5.32 Å². The molecule has 0 aliphatic carbocycles. The van der Waals surface area contributed by atoms with Crippen LogP contribution in [-0.4, -0.2) is 47.7 Å². The zero-order valence-electron chi connectivity index (χ0n) is 8.41. The minimum Gasteiger partial charge on any atom is -0.394 e. The van der Waals surface area contributed by atoms with Crippen molar-refractivity contribution in [3.63, 3.8) is 0 Å². The molecule has 0 radical (unpaired) electrons. The third kappa shape index (κ3) is 1.77. The Hall–Kier alpha value is -0.610. The number of rotatable bonds is 2. The van der Waals surface area contributed by atoms with Crippen molar-refractivity contribution < 1.29 is 9.90 Å². The van der Waals surface area contributed by atoms with Gasteiger partial charge in [0.2, 0.25) is 5.91 Å². The maximum absolute atomic E-state index is 12.0. The van der Waals surface area contributed by atoms with Crippen molar-refractivity contribution in [3.8, 4) is 0 Å². The van der Waals surface area contributed by atoms with Crippen molar-refractivity contribution in [1.29, 1.82) is 0 Å². The monoisotopic (exact) mass is 198 g/mol. The third-order valence-electron chi connectivity index (χ3n) is 3.23. The predicted molar refractivity (Wildman–Crippen MR) is 52.8 cm³/mol. The molecule has 0 spiro atoms. The fourth-order valence-corrected chi connectivity index (χ4v) is 2.41. The van der Waals surface area contributed by atoms with Gasteiger partial charge in [-0.05, 0) is 32.2 Å². The Morgan fingerprint density at radius 3 is 2.93 bits per heavy atom. The second-order valence-corrected chi connectivity index (χ2v) is 4.16. The van der Waals surface area contributed by atoms with E-state index in [1.54, 1.807) is 0 Å². The zero-order chi connectivity index (χ0) is 9.97. The van der Waals surface area contributed by atoms with Gasteiger partial charge in [0.15, 0.2) is 0 Å². The summed E-state index contributed by atoms with van der Waals surface area (Å²) in [5.74, 6) is 0.194. The highest BCUT2D eigenvalue weighted by Gasteiger charge is 2.33. The summed E-state index contributed by atoms with van der Waals surface area (Å²) in [6.45, 7) is 1.88. The molecule has 2 rings (SSSR count). The summed E-state index contributed by atoms with van der Waals surface area (Å²) >= 11 is 0. The van der Waals surface area contributed by atoms with Crippen molar-refractivity contribution >= 4 is 5.91 Å². The number of nitrogens with zero attached hydrogens (tertiary/aromatic N) is 1. The number of nitrogens with one attached hydrogen (secondary N) is 1. The van der Waals surface area contributed by atoms with Crippen LogP contribution in [0.1, 0.15) is 25.7 Å². The Morgan fingerprint density at radius 2 is 2.29 bits per heavy atom. The highest BCUT2D eigenvalue weighted by Crippen LogP contribution is 2.19. The fraction of sp³-hybridized carbons (Fsp3) is 0.900. The normalized spacial score (nSPS) is 32.5. The average molecular weight is 198 g/mol. The zero-order valence-corrected chi connectivity index (χ0v) is 8.41. The van der Waals surface area contributed by atoms with E-state index in [1.807, 2.05) is 4.90 Å². The Bertz CT molecular complexity index is 214. The minimum absolute atomic E-state index is 0.0159. The summed E-state index contributed by atoms with van der Waals surface area (Å²) in [5, 5.41) is 12.3. The predicted octanol–water partition coefficient (Wildman–Crippen LogP) is -0.278. The lowest BCUT2D eigenvalue weighted by molar-refractivity contribution is -0.134. The van der Waals surface area contributed by atoms with Gasteiger partial charge in [0, 0.05) is 6.54 Å². The number of aliphatic hydroxyl groups is 1. The highest BCUT2D eigenvalue weighted by atomic mass is 16.3. The number of amides is 1. The van der Waals surface area contributed by atoms with E-state index < -0.39 is 0 Å². The second kappa shape index (κ2) is 4.28. The molecule has 2 aliphatic heterocycles. The number of hydrogen-bond donors (Lipinski definition) is 2. The van der Waals surface area contributed by atoms with Crippen molar-refractivity contribution in [1.82, 2.24) is 10.2 Å². The number of likely N-dealkylation sites (tertiary alicyclic amines) is 1. The van der Waals surface area contributed by atoms with Gasteiger partial charge in [-0.25, -0.2) is 0 Å². The molecule has 0 aromatic rings. The SMILES string of the molecule is O=C(C1CCCN1)N1CCCC1CO. The van der Waals surface area contributed by atoms with E-state index in [0.29, 0.717) is 0 Å². The topological polar surface area (TPSA) is 52.6 Å². The standard InChI is InChI=1S/C10H18N2O2/c13-7-8-3-2-6-12(8)10(14)9-4-1-5-11-9/h8-9,11,13H,1-7H2. The largest absolute Gasteiger partial charge is 0.394 e. The first-order valence-electron chi connectivity index (χ1n) is 5.47. The molecule has 80 valence electrons. The summed E-state index contributed by atoms with van der Waals surface area (Å²) < 4.78 is 0. The highest BCUT2D eigenvalue weighted by molar-refractivity contribution is 5.82. The molecule has 0 saturated carbocycles. The van der Waals surface area contributed by atoms with Crippen LogP contribution in [0.2, 0.25) is 0 Å². The Labute approximate surface area is 84.3 Å². The van der Waals surface area contributed by atoms with Crippen LogP contribution >= 0.6 is 0 Å². The molecule has 2 atom stereocenters. The van der Waals surface area contributed by atoms with Crippen molar-refractivity contribution in [2.24, 2.45) is 0 Å². The number of carbonyl (C=O) groups is 1. The van der Waals surface area contributed by atoms with Crippen LogP contribution in [0.15, 0.2) is 0 Å². The van der Waals surface area contributed by atoms with Gasteiger partial charge in [-0.3, -0.25) is 4.79 Å². The molecule has 2 fully saturated rings. The summed E-state index contributed by atoms with van der Waals surface area (Å²) in [7, 11) is 0. The van der Waals surface area contributed by atoms with Gasteiger partial charge in [0.1, 0.15) is 0 Å². The lowest BCUT2D eigenvalue weighted by Crippen LogP contribution is -2.46. The molecule has 0 bridgehead atoms. The molecule has 2 unspecified atom stereocenters. The molecule has 4 heteroatoms. The van der Waals surface area contributed by atoms with Crippen LogP contribution < -0.4 is 5.32 Å². The van der Waals surface area contributed by atoms with Crippen LogP contribution in [0.25, 0.3) is 0 Å². The van der Waals surface area contributed by atoms with Gasteiger partial charge in [-0.15, -0.1) is 0 Å². The molecule has 2 N–H and O–H groups in total. The van der Waals surface area contributed by atoms with Crippen molar-refractivity contribution in [2.75, 3.05) is 19.7 Å². The van der Waals surface area contributed by atoms with Crippen LogP contribution in [0.3, 0.4) is 0 Å². The van der Waals surface area contributed by atoms with E-state index in [4.69, 9.17) is 5.11 Å². The van der Waals surface area contributed by atoms with Crippen LogP contribution in [0.5, 0.6) is 0 Å².